The van der Waals surface area contributed by atoms with Crippen molar-refractivity contribution in [2.24, 2.45) is 5.73 Å². The highest BCUT2D eigenvalue weighted by Gasteiger charge is 2.40. The smallest absolute Gasteiger partial charge is 0.256 e. The SMILES string of the molecule is NCC(=O)N1CCN2C(=O)c3cc(-c4ccccc4F)ccc3NC(=O)[C@@H]2C1. The maximum absolute atomic E-state index is 14.2. The highest BCUT2D eigenvalue weighted by atomic mass is 19.1. The van der Waals surface area contributed by atoms with E-state index in [2.05, 4.69) is 5.32 Å². The second kappa shape index (κ2) is 7.05. The predicted molar refractivity (Wildman–Crippen MR) is 101 cm³/mol. The molecule has 28 heavy (non-hydrogen) atoms. The minimum absolute atomic E-state index is 0.0990. The Labute approximate surface area is 160 Å². The quantitative estimate of drug-likeness (QED) is 0.812. The maximum Gasteiger partial charge on any atom is 0.256 e. The molecule has 0 spiro atoms. The number of hydrogen-bond acceptors (Lipinski definition) is 4. The normalized spacial score (nSPS) is 18.9. The van der Waals surface area contributed by atoms with E-state index in [0.717, 1.165) is 0 Å². The highest BCUT2D eigenvalue weighted by molar-refractivity contribution is 6.10. The highest BCUT2D eigenvalue weighted by Crippen LogP contribution is 2.31. The van der Waals surface area contributed by atoms with Gasteiger partial charge in [-0.05, 0) is 23.8 Å². The van der Waals surface area contributed by atoms with Crippen LogP contribution in [0.25, 0.3) is 11.1 Å². The number of fused-ring (bicyclic) bond motifs is 2. The number of rotatable bonds is 2. The average Bonchev–Trinajstić information content (AvgIpc) is 2.82. The molecule has 2 aliphatic rings. The van der Waals surface area contributed by atoms with Crippen LogP contribution in [0.15, 0.2) is 42.5 Å². The molecule has 3 amide bonds. The zero-order valence-electron chi connectivity index (χ0n) is 15.0. The van der Waals surface area contributed by atoms with E-state index in [4.69, 9.17) is 5.73 Å². The summed E-state index contributed by atoms with van der Waals surface area (Å²) in [6, 6.07) is 10.4. The third-order valence-electron chi connectivity index (χ3n) is 5.16. The van der Waals surface area contributed by atoms with E-state index < -0.39 is 6.04 Å². The number of amides is 3. The van der Waals surface area contributed by atoms with Gasteiger partial charge in [-0.2, -0.15) is 0 Å². The molecule has 7 nitrogen and oxygen atoms in total. The van der Waals surface area contributed by atoms with E-state index in [-0.39, 0.29) is 43.2 Å². The number of halogens is 1. The number of anilines is 1. The van der Waals surface area contributed by atoms with Gasteiger partial charge in [0.25, 0.3) is 5.91 Å². The zero-order chi connectivity index (χ0) is 19.8. The second-order valence-corrected chi connectivity index (χ2v) is 6.79. The Hall–Kier alpha value is -3.26. The van der Waals surface area contributed by atoms with Crippen molar-refractivity contribution in [1.29, 1.82) is 0 Å². The summed E-state index contributed by atoms with van der Waals surface area (Å²) >= 11 is 0. The molecule has 144 valence electrons. The molecule has 4 rings (SSSR count). The lowest BCUT2D eigenvalue weighted by Gasteiger charge is -2.39. The third-order valence-corrected chi connectivity index (χ3v) is 5.16. The summed E-state index contributed by atoms with van der Waals surface area (Å²) in [7, 11) is 0. The Balaban J connectivity index is 1.70. The molecule has 1 saturated heterocycles. The molecule has 2 aliphatic heterocycles. The van der Waals surface area contributed by atoms with Crippen LogP contribution in [0.3, 0.4) is 0 Å². The van der Waals surface area contributed by atoms with E-state index >= 15 is 0 Å². The standard InChI is InChI=1S/C20H19FN4O3/c21-15-4-2-1-3-13(15)12-5-6-16-14(9-12)20(28)25-8-7-24(18(26)10-22)11-17(25)19(27)23-16/h1-6,9,17H,7-8,10-11,22H2,(H,23,27)/t17-/m0/s1. The molecule has 0 unspecified atom stereocenters. The summed E-state index contributed by atoms with van der Waals surface area (Å²) in [5.74, 6) is -1.33. The molecule has 3 N–H and O–H groups in total. The maximum atomic E-state index is 14.2. The monoisotopic (exact) mass is 382 g/mol. The molecular weight excluding hydrogens is 363 g/mol. The van der Waals surface area contributed by atoms with Gasteiger partial charge in [-0.3, -0.25) is 14.4 Å². The number of nitrogens with zero attached hydrogens (tertiary/aromatic N) is 2. The Morgan fingerprint density at radius 3 is 2.68 bits per heavy atom. The number of nitrogens with two attached hydrogens (primary N) is 1. The van der Waals surface area contributed by atoms with Crippen molar-refractivity contribution in [3.8, 4) is 11.1 Å². The van der Waals surface area contributed by atoms with Crippen LogP contribution in [0.5, 0.6) is 0 Å². The molecule has 0 radical (unpaired) electrons. The van der Waals surface area contributed by atoms with E-state index in [0.29, 0.717) is 28.9 Å². The summed E-state index contributed by atoms with van der Waals surface area (Å²) in [5.41, 5.74) is 7.02. The van der Waals surface area contributed by atoms with Gasteiger partial charge in [-0.15, -0.1) is 0 Å². The lowest BCUT2D eigenvalue weighted by molar-refractivity contribution is -0.134. The van der Waals surface area contributed by atoms with Gasteiger partial charge in [0.15, 0.2) is 0 Å². The molecule has 0 aliphatic carbocycles. The molecule has 2 aromatic carbocycles. The fraction of sp³-hybridized carbons (Fsp3) is 0.250. The topological polar surface area (TPSA) is 95.7 Å². The van der Waals surface area contributed by atoms with Gasteiger partial charge >= 0.3 is 0 Å². The van der Waals surface area contributed by atoms with Crippen LogP contribution in [-0.2, 0) is 9.59 Å². The summed E-state index contributed by atoms with van der Waals surface area (Å²) in [4.78, 5) is 40.7. The van der Waals surface area contributed by atoms with Crippen molar-refractivity contribution in [2.45, 2.75) is 6.04 Å². The van der Waals surface area contributed by atoms with Crippen molar-refractivity contribution < 1.29 is 18.8 Å². The molecule has 0 bridgehead atoms. The van der Waals surface area contributed by atoms with E-state index in [1.54, 1.807) is 36.4 Å². The fourth-order valence-electron chi connectivity index (χ4n) is 3.67. The molecule has 1 atom stereocenters. The van der Waals surface area contributed by atoms with Gasteiger partial charge in [-0.1, -0.05) is 24.3 Å². The molecule has 1 fully saturated rings. The van der Waals surface area contributed by atoms with Crippen molar-refractivity contribution in [3.63, 3.8) is 0 Å². The molecule has 0 aromatic heterocycles. The van der Waals surface area contributed by atoms with Crippen molar-refractivity contribution in [3.05, 3.63) is 53.8 Å². The van der Waals surface area contributed by atoms with E-state index in [1.165, 1.54) is 15.9 Å². The number of piperazine rings is 1. The van der Waals surface area contributed by atoms with Crippen LogP contribution >= 0.6 is 0 Å². The second-order valence-electron chi connectivity index (χ2n) is 6.79. The first-order chi connectivity index (χ1) is 13.5. The van der Waals surface area contributed by atoms with Gasteiger partial charge in [-0.25, -0.2) is 4.39 Å². The van der Waals surface area contributed by atoms with Crippen molar-refractivity contribution in [1.82, 2.24) is 9.80 Å². The minimum Gasteiger partial charge on any atom is -0.337 e. The molecular formula is C20H19FN4O3. The molecule has 2 heterocycles. The summed E-state index contributed by atoms with van der Waals surface area (Å²) < 4.78 is 14.2. The average molecular weight is 382 g/mol. The minimum atomic E-state index is -0.791. The fourth-order valence-corrected chi connectivity index (χ4v) is 3.67. The Kier molecular flexibility index (Phi) is 4.56. The Bertz CT molecular complexity index is 978. The van der Waals surface area contributed by atoms with Crippen LogP contribution in [-0.4, -0.2) is 59.7 Å². The van der Waals surface area contributed by atoms with E-state index in [1.807, 2.05) is 0 Å². The number of carbonyl (C=O) groups is 3. The van der Waals surface area contributed by atoms with Gasteiger partial charge in [0.2, 0.25) is 11.8 Å². The van der Waals surface area contributed by atoms with Gasteiger partial charge < -0.3 is 20.9 Å². The van der Waals surface area contributed by atoms with Gasteiger partial charge in [0, 0.05) is 18.7 Å². The molecule has 2 aromatic rings. The van der Waals surface area contributed by atoms with Crippen molar-refractivity contribution >= 4 is 23.4 Å². The van der Waals surface area contributed by atoms with Crippen LogP contribution in [0.4, 0.5) is 10.1 Å². The number of benzene rings is 2. The van der Waals surface area contributed by atoms with Crippen LogP contribution in [0.2, 0.25) is 0 Å². The van der Waals surface area contributed by atoms with Crippen LogP contribution in [0, 0.1) is 5.82 Å². The summed E-state index contributed by atoms with van der Waals surface area (Å²) in [5, 5.41) is 2.76. The Morgan fingerprint density at radius 1 is 1.14 bits per heavy atom. The molecule has 8 heteroatoms. The predicted octanol–water partition coefficient (Wildman–Crippen LogP) is 1.06. The summed E-state index contributed by atoms with van der Waals surface area (Å²) in [6.45, 7) is 0.496. The first-order valence-electron chi connectivity index (χ1n) is 8.98. The third kappa shape index (κ3) is 3.01. The van der Waals surface area contributed by atoms with Crippen molar-refractivity contribution in [2.75, 3.05) is 31.5 Å². The van der Waals surface area contributed by atoms with Crippen LogP contribution < -0.4 is 11.1 Å². The largest absolute Gasteiger partial charge is 0.337 e. The first kappa shape index (κ1) is 18.1. The van der Waals surface area contributed by atoms with E-state index in [9.17, 15) is 18.8 Å². The molecule has 0 saturated carbocycles. The lowest BCUT2D eigenvalue weighted by Crippen LogP contribution is -2.60. The number of hydrogen-bond donors (Lipinski definition) is 2. The van der Waals surface area contributed by atoms with Gasteiger partial charge in [0.05, 0.1) is 24.3 Å². The van der Waals surface area contributed by atoms with Gasteiger partial charge in [0.1, 0.15) is 11.9 Å². The number of carbonyl (C=O) groups excluding carboxylic acids is 3. The summed E-state index contributed by atoms with van der Waals surface area (Å²) in [6.07, 6.45) is 0. The zero-order valence-corrected chi connectivity index (χ0v) is 15.0. The first-order valence-corrected chi connectivity index (χ1v) is 8.98. The lowest BCUT2D eigenvalue weighted by atomic mass is 10.0. The van der Waals surface area contributed by atoms with Crippen LogP contribution in [0.1, 0.15) is 10.4 Å². The number of nitrogens with one attached hydrogen (secondary N) is 1. The Morgan fingerprint density at radius 2 is 1.93 bits per heavy atom.